The quantitative estimate of drug-likeness (QED) is 0.313. The SMILES string of the molecule is CCNC(=NCCC(O)(c1nccn1C)C(F)(F)F)N1CCC(N2CCOCC2)C1.I. The molecule has 2 saturated heterocycles. The van der Waals surface area contributed by atoms with Gasteiger partial charge < -0.3 is 24.6 Å². The van der Waals surface area contributed by atoms with Crippen molar-refractivity contribution < 1.29 is 23.0 Å². The molecule has 0 radical (unpaired) electrons. The summed E-state index contributed by atoms with van der Waals surface area (Å²) in [5.41, 5.74) is -3.05. The van der Waals surface area contributed by atoms with Gasteiger partial charge in [0.15, 0.2) is 5.96 Å². The zero-order valence-corrected chi connectivity index (χ0v) is 20.3. The average molecular weight is 560 g/mol. The van der Waals surface area contributed by atoms with Gasteiger partial charge in [-0.15, -0.1) is 24.0 Å². The standard InChI is InChI=1S/C19H31F3N6O2.HI/c1-3-23-17(28-8-4-15(14-28)27-10-12-30-13-11-27)25-6-5-18(29,19(20,21)22)16-24-7-9-26(16)2;/h7,9,15,29H,3-6,8,10-14H2,1-2H3,(H,23,25);1H. The Morgan fingerprint density at radius 2 is 2.03 bits per heavy atom. The van der Waals surface area contributed by atoms with Gasteiger partial charge in [0.1, 0.15) is 5.82 Å². The maximum atomic E-state index is 13.7. The van der Waals surface area contributed by atoms with Crippen molar-refractivity contribution in [2.24, 2.45) is 12.0 Å². The van der Waals surface area contributed by atoms with Gasteiger partial charge in [0, 0.05) is 71.2 Å². The van der Waals surface area contributed by atoms with E-state index < -0.39 is 24.0 Å². The van der Waals surface area contributed by atoms with Crippen LogP contribution in [0.25, 0.3) is 0 Å². The van der Waals surface area contributed by atoms with E-state index in [9.17, 15) is 18.3 Å². The smallest absolute Gasteiger partial charge is 0.379 e. The van der Waals surface area contributed by atoms with E-state index in [0.29, 0.717) is 18.5 Å². The number of imidazole rings is 1. The second-order valence-corrected chi connectivity index (χ2v) is 7.74. The summed E-state index contributed by atoms with van der Waals surface area (Å²) in [5.74, 6) is 0.154. The van der Waals surface area contributed by atoms with Crippen LogP contribution in [0.3, 0.4) is 0 Å². The minimum absolute atomic E-state index is 0. The molecule has 8 nitrogen and oxygen atoms in total. The number of nitrogens with zero attached hydrogens (tertiary/aromatic N) is 5. The number of guanidine groups is 1. The number of morpholine rings is 1. The molecule has 0 bridgehead atoms. The Balaban J connectivity index is 0.00000341. The van der Waals surface area contributed by atoms with Crippen molar-refractivity contribution in [3.05, 3.63) is 18.2 Å². The summed E-state index contributed by atoms with van der Waals surface area (Å²) in [6, 6.07) is 0.387. The monoisotopic (exact) mass is 560 g/mol. The summed E-state index contributed by atoms with van der Waals surface area (Å²) in [6.07, 6.45) is -1.85. The lowest BCUT2D eigenvalue weighted by Gasteiger charge is -2.32. The Morgan fingerprint density at radius 3 is 2.61 bits per heavy atom. The van der Waals surface area contributed by atoms with Crippen LogP contribution < -0.4 is 5.32 Å². The van der Waals surface area contributed by atoms with Crippen molar-refractivity contribution in [2.45, 2.75) is 37.6 Å². The average Bonchev–Trinajstić information content (AvgIpc) is 3.36. The number of aliphatic hydroxyl groups is 1. The number of nitrogens with one attached hydrogen (secondary N) is 1. The van der Waals surface area contributed by atoms with Gasteiger partial charge in [-0.1, -0.05) is 0 Å². The molecule has 0 amide bonds. The van der Waals surface area contributed by atoms with E-state index in [1.54, 1.807) is 0 Å². The highest BCUT2D eigenvalue weighted by atomic mass is 127. The number of halogens is 4. The van der Waals surface area contributed by atoms with Crippen LogP contribution in [0.2, 0.25) is 0 Å². The first-order valence-corrected chi connectivity index (χ1v) is 10.4. The molecule has 2 aliphatic rings. The van der Waals surface area contributed by atoms with Crippen LogP contribution in [0.15, 0.2) is 17.4 Å². The van der Waals surface area contributed by atoms with Crippen LogP contribution in [-0.4, -0.2) is 95.1 Å². The van der Waals surface area contributed by atoms with E-state index in [1.165, 1.54) is 24.0 Å². The van der Waals surface area contributed by atoms with E-state index in [-0.39, 0.29) is 30.5 Å². The lowest BCUT2D eigenvalue weighted by atomic mass is 9.98. The number of hydrogen-bond acceptors (Lipinski definition) is 5. The highest BCUT2D eigenvalue weighted by Gasteiger charge is 2.57. The number of aromatic nitrogens is 2. The third kappa shape index (κ3) is 6.02. The molecule has 1 aromatic rings. The first kappa shape index (κ1) is 26.1. The first-order valence-electron chi connectivity index (χ1n) is 10.4. The third-order valence-corrected chi connectivity index (χ3v) is 5.76. The van der Waals surface area contributed by atoms with Crippen molar-refractivity contribution in [2.75, 3.05) is 52.5 Å². The van der Waals surface area contributed by atoms with Gasteiger partial charge in [-0.2, -0.15) is 13.2 Å². The topological polar surface area (TPSA) is 78.2 Å². The lowest BCUT2D eigenvalue weighted by molar-refractivity contribution is -0.272. The minimum Gasteiger partial charge on any atom is -0.379 e. The molecule has 1 aromatic heterocycles. The molecule has 2 aliphatic heterocycles. The largest absolute Gasteiger partial charge is 0.424 e. The van der Waals surface area contributed by atoms with Gasteiger partial charge in [0.05, 0.1) is 13.2 Å². The van der Waals surface area contributed by atoms with Crippen molar-refractivity contribution in [3.63, 3.8) is 0 Å². The van der Waals surface area contributed by atoms with Crippen molar-refractivity contribution in [1.29, 1.82) is 0 Å². The van der Waals surface area contributed by atoms with Crippen LogP contribution in [-0.2, 0) is 17.4 Å². The maximum absolute atomic E-state index is 13.7. The summed E-state index contributed by atoms with van der Waals surface area (Å²) in [5, 5.41) is 13.6. The molecule has 2 N–H and O–H groups in total. The first-order chi connectivity index (χ1) is 14.3. The normalized spacial score (nSPS) is 22.8. The number of aryl methyl sites for hydroxylation is 1. The second kappa shape index (κ2) is 11.1. The Kier molecular flexibility index (Phi) is 9.40. The number of ether oxygens (including phenoxy) is 1. The van der Waals surface area contributed by atoms with Gasteiger partial charge in [0.2, 0.25) is 5.60 Å². The van der Waals surface area contributed by atoms with Gasteiger partial charge in [-0.3, -0.25) is 9.89 Å². The van der Waals surface area contributed by atoms with E-state index in [2.05, 4.69) is 25.1 Å². The zero-order chi connectivity index (χ0) is 21.8. The fraction of sp³-hybridized carbons (Fsp3) is 0.789. The van der Waals surface area contributed by atoms with Crippen LogP contribution in [0.1, 0.15) is 25.6 Å². The van der Waals surface area contributed by atoms with E-state index in [0.717, 1.165) is 45.8 Å². The van der Waals surface area contributed by atoms with Gasteiger partial charge in [-0.25, -0.2) is 4.98 Å². The number of aliphatic imine (C=N–C) groups is 1. The summed E-state index contributed by atoms with van der Waals surface area (Å²) >= 11 is 0. The molecular formula is C19H32F3IN6O2. The summed E-state index contributed by atoms with van der Waals surface area (Å²) in [7, 11) is 1.43. The molecule has 3 heterocycles. The lowest BCUT2D eigenvalue weighted by Crippen LogP contribution is -2.47. The Labute approximate surface area is 197 Å². The number of alkyl halides is 3. The van der Waals surface area contributed by atoms with Gasteiger partial charge >= 0.3 is 6.18 Å². The Morgan fingerprint density at radius 1 is 1.32 bits per heavy atom. The van der Waals surface area contributed by atoms with E-state index >= 15 is 0 Å². The molecular weight excluding hydrogens is 528 g/mol. The molecule has 2 fully saturated rings. The molecule has 0 spiro atoms. The van der Waals surface area contributed by atoms with Crippen molar-refractivity contribution >= 4 is 29.9 Å². The minimum atomic E-state index is -4.85. The predicted molar refractivity (Wildman–Crippen MR) is 122 cm³/mol. The predicted octanol–water partition coefficient (Wildman–Crippen LogP) is 1.55. The van der Waals surface area contributed by atoms with Crippen LogP contribution >= 0.6 is 24.0 Å². The Bertz CT molecular complexity index is 726. The fourth-order valence-electron chi connectivity index (χ4n) is 4.07. The molecule has 2 atom stereocenters. The van der Waals surface area contributed by atoms with E-state index in [4.69, 9.17) is 4.74 Å². The summed E-state index contributed by atoms with van der Waals surface area (Å²) in [4.78, 5) is 12.6. The second-order valence-electron chi connectivity index (χ2n) is 7.74. The fourth-order valence-corrected chi connectivity index (χ4v) is 4.07. The molecule has 31 heavy (non-hydrogen) atoms. The highest BCUT2D eigenvalue weighted by molar-refractivity contribution is 14.0. The highest BCUT2D eigenvalue weighted by Crippen LogP contribution is 2.40. The van der Waals surface area contributed by atoms with Crippen LogP contribution in [0.5, 0.6) is 0 Å². The molecule has 178 valence electrons. The Hall–Kier alpha value is -1.12. The molecule has 0 saturated carbocycles. The third-order valence-electron chi connectivity index (χ3n) is 5.76. The summed E-state index contributed by atoms with van der Waals surface area (Å²) in [6.45, 7) is 7.17. The number of hydrogen-bond donors (Lipinski definition) is 2. The van der Waals surface area contributed by atoms with Crippen molar-refractivity contribution in [1.82, 2.24) is 24.7 Å². The molecule has 3 rings (SSSR count). The number of likely N-dealkylation sites (tertiary alicyclic amines) is 1. The maximum Gasteiger partial charge on any atom is 0.424 e. The molecule has 0 aromatic carbocycles. The zero-order valence-electron chi connectivity index (χ0n) is 17.9. The molecule has 0 aliphatic carbocycles. The van der Waals surface area contributed by atoms with Gasteiger partial charge in [-0.05, 0) is 13.3 Å². The molecule has 12 heteroatoms. The summed E-state index contributed by atoms with van der Waals surface area (Å²) < 4.78 is 47.7. The molecule has 2 unspecified atom stereocenters. The van der Waals surface area contributed by atoms with E-state index in [1.807, 2.05) is 6.92 Å². The van der Waals surface area contributed by atoms with Crippen LogP contribution in [0.4, 0.5) is 13.2 Å². The number of rotatable bonds is 6. The van der Waals surface area contributed by atoms with Crippen molar-refractivity contribution in [3.8, 4) is 0 Å². The van der Waals surface area contributed by atoms with Gasteiger partial charge in [0.25, 0.3) is 0 Å². The van der Waals surface area contributed by atoms with Crippen LogP contribution in [0, 0.1) is 0 Å².